The molecule has 1 amide bonds. The van der Waals surface area contributed by atoms with Gasteiger partial charge < -0.3 is 9.64 Å². The lowest BCUT2D eigenvalue weighted by Crippen LogP contribution is -2.42. The summed E-state index contributed by atoms with van der Waals surface area (Å²) in [5.74, 6) is -0.0719. The van der Waals surface area contributed by atoms with Gasteiger partial charge >= 0.3 is 0 Å². The van der Waals surface area contributed by atoms with Gasteiger partial charge in [0.25, 0.3) is 0 Å². The molecule has 21 heavy (non-hydrogen) atoms. The molecule has 0 bridgehead atoms. The number of nitriles is 1. The molecule has 1 unspecified atom stereocenters. The SMILES string of the molecule is COCC1CCN(C(=O)C(C#N)Cc2ccccc2)CC1. The minimum atomic E-state index is -0.577. The van der Waals surface area contributed by atoms with Gasteiger partial charge in [0.2, 0.25) is 5.91 Å². The quantitative estimate of drug-likeness (QED) is 0.834. The predicted molar refractivity (Wildman–Crippen MR) is 80.4 cm³/mol. The average molecular weight is 286 g/mol. The highest BCUT2D eigenvalue weighted by molar-refractivity contribution is 5.81. The molecular formula is C17H22N2O2. The highest BCUT2D eigenvalue weighted by atomic mass is 16.5. The predicted octanol–water partition coefficient (Wildman–Crippen LogP) is 2.25. The molecule has 1 atom stereocenters. The number of hydrogen-bond acceptors (Lipinski definition) is 3. The maximum Gasteiger partial charge on any atom is 0.240 e. The van der Waals surface area contributed by atoms with E-state index in [0.717, 1.165) is 38.1 Å². The van der Waals surface area contributed by atoms with E-state index in [1.165, 1.54) is 0 Å². The number of amides is 1. The summed E-state index contributed by atoms with van der Waals surface area (Å²) in [6.45, 7) is 2.23. The minimum Gasteiger partial charge on any atom is -0.384 e. The molecule has 0 aliphatic carbocycles. The van der Waals surface area contributed by atoms with Crippen LogP contribution in [0.25, 0.3) is 0 Å². The van der Waals surface area contributed by atoms with Crippen molar-refractivity contribution in [3.63, 3.8) is 0 Å². The number of ether oxygens (including phenoxy) is 1. The van der Waals surface area contributed by atoms with E-state index in [1.807, 2.05) is 35.2 Å². The summed E-state index contributed by atoms with van der Waals surface area (Å²) in [7, 11) is 1.71. The molecule has 1 heterocycles. The van der Waals surface area contributed by atoms with Gasteiger partial charge in [-0.3, -0.25) is 4.79 Å². The van der Waals surface area contributed by atoms with E-state index < -0.39 is 5.92 Å². The van der Waals surface area contributed by atoms with E-state index in [0.29, 0.717) is 12.3 Å². The number of piperidine rings is 1. The topological polar surface area (TPSA) is 53.3 Å². The Morgan fingerprint density at radius 3 is 2.62 bits per heavy atom. The van der Waals surface area contributed by atoms with Crippen molar-refractivity contribution in [2.45, 2.75) is 19.3 Å². The fourth-order valence-corrected chi connectivity index (χ4v) is 2.81. The van der Waals surface area contributed by atoms with Crippen LogP contribution in [0, 0.1) is 23.2 Å². The van der Waals surface area contributed by atoms with Gasteiger partial charge in [-0.15, -0.1) is 0 Å². The van der Waals surface area contributed by atoms with Crippen molar-refractivity contribution in [2.24, 2.45) is 11.8 Å². The van der Waals surface area contributed by atoms with Crippen molar-refractivity contribution in [2.75, 3.05) is 26.8 Å². The second kappa shape index (κ2) is 7.80. The smallest absolute Gasteiger partial charge is 0.240 e. The summed E-state index contributed by atoms with van der Waals surface area (Å²) in [4.78, 5) is 14.3. The van der Waals surface area contributed by atoms with Crippen molar-refractivity contribution in [1.29, 1.82) is 5.26 Å². The van der Waals surface area contributed by atoms with Gasteiger partial charge in [0, 0.05) is 26.8 Å². The molecule has 0 radical (unpaired) electrons. The summed E-state index contributed by atoms with van der Waals surface area (Å²) in [5, 5.41) is 9.31. The molecule has 1 aliphatic rings. The van der Waals surface area contributed by atoms with Crippen molar-refractivity contribution in [1.82, 2.24) is 4.90 Å². The number of benzene rings is 1. The molecule has 0 N–H and O–H groups in total. The molecule has 4 nitrogen and oxygen atoms in total. The Hall–Kier alpha value is -1.86. The third kappa shape index (κ3) is 4.30. The summed E-state index contributed by atoms with van der Waals surface area (Å²) in [6.07, 6.45) is 2.42. The van der Waals surface area contributed by atoms with Gasteiger partial charge in [0.05, 0.1) is 6.07 Å². The first kappa shape index (κ1) is 15.5. The molecule has 2 rings (SSSR count). The first-order valence-electron chi connectivity index (χ1n) is 7.46. The van der Waals surface area contributed by atoms with Crippen molar-refractivity contribution in [3.8, 4) is 6.07 Å². The Balaban J connectivity index is 1.91. The maximum atomic E-state index is 12.5. The van der Waals surface area contributed by atoms with Gasteiger partial charge in [-0.1, -0.05) is 30.3 Å². The molecule has 1 saturated heterocycles. The third-order valence-corrected chi connectivity index (χ3v) is 4.07. The van der Waals surface area contributed by atoms with Gasteiger partial charge in [-0.2, -0.15) is 5.26 Å². The average Bonchev–Trinajstić information content (AvgIpc) is 2.54. The van der Waals surface area contributed by atoms with Crippen LogP contribution in [0.5, 0.6) is 0 Å². The normalized spacial score (nSPS) is 17.2. The Morgan fingerprint density at radius 2 is 2.05 bits per heavy atom. The number of rotatable bonds is 5. The first-order valence-corrected chi connectivity index (χ1v) is 7.46. The van der Waals surface area contributed by atoms with E-state index in [4.69, 9.17) is 4.74 Å². The Morgan fingerprint density at radius 1 is 1.38 bits per heavy atom. The Bertz CT molecular complexity index is 487. The lowest BCUT2D eigenvalue weighted by Gasteiger charge is -2.32. The molecule has 0 aromatic heterocycles. The van der Waals surface area contributed by atoms with Crippen molar-refractivity contribution in [3.05, 3.63) is 35.9 Å². The second-order valence-corrected chi connectivity index (χ2v) is 5.60. The van der Waals surface area contributed by atoms with Crippen LogP contribution >= 0.6 is 0 Å². The van der Waals surface area contributed by atoms with Crippen LogP contribution in [-0.4, -0.2) is 37.6 Å². The Kier molecular flexibility index (Phi) is 5.77. The zero-order valence-corrected chi connectivity index (χ0v) is 12.5. The standard InChI is InChI=1S/C17H22N2O2/c1-21-13-15-7-9-19(10-8-15)17(20)16(12-18)11-14-5-3-2-4-6-14/h2-6,15-16H,7-11,13H2,1H3. The molecule has 1 fully saturated rings. The zero-order chi connectivity index (χ0) is 15.1. The second-order valence-electron chi connectivity index (χ2n) is 5.60. The number of hydrogen-bond donors (Lipinski definition) is 0. The van der Waals surface area contributed by atoms with Crippen LogP contribution in [0.1, 0.15) is 18.4 Å². The van der Waals surface area contributed by atoms with Crippen LogP contribution in [0.3, 0.4) is 0 Å². The van der Waals surface area contributed by atoms with Crippen LogP contribution in [0.15, 0.2) is 30.3 Å². The lowest BCUT2D eigenvalue weighted by molar-refractivity contribution is -0.135. The number of carbonyl (C=O) groups excluding carboxylic acids is 1. The van der Waals surface area contributed by atoms with E-state index in [2.05, 4.69) is 6.07 Å². The largest absolute Gasteiger partial charge is 0.384 e. The van der Waals surface area contributed by atoms with Crippen LogP contribution < -0.4 is 0 Å². The summed E-state index contributed by atoms with van der Waals surface area (Å²) in [6, 6.07) is 11.9. The van der Waals surface area contributed by atoms with E-state index >= 15 is 0 Å². The molecule has 0 spiro atoms. The zero-order valence-electron chi connectivity index (χ0n) is 12.5. The van der Waals surface area contributed by atoms with Crippen molar-refractivity contribution < 1.29 is 9.53 Å². The van der Waals surface area contributed by atoms with E-state index in [1.54, 1.807) is 7.11 Å². The fraction of sp³-hybridized carbons (Fsp3) is 0.529. The number of nitrogens with zero attached hydrogens (tertiary/aromatic N) is 2. The number of methoxy groups -OCH3 is 1. The molecule has 1 aliphatic heterocycles. The molecular weight excluding hydrogens is 264 g/mol. The van der Waals surface area contributed by atoms with E-state index in [9.17, 15) is 10.1 Å². The van der Waals surface area contributed by atoms with Crippen LogP contribution in [-0.2, 0) is 16.0 Å². The number of carbonyl (C=O) groups is 1. The number of likely N-dealkylation sites (tertiary alicyclic amines) is 1. The fourth-order valence-electron chi connectivity index (χ4n) is 2.81. The summed E-state index contributed by atoms with van der Waals surface area (Å²) in [5.41, 5.74) is 1.03. The van der Waals surface area contributed by atoms with Crippen LogP contribution in [0.2, 0.25) is 0 Å². The maximum absolute atomic E-state index is 12.5. The molecule has 1 aromatic carbocycles. The highest BCUT2D eigenvalue weighted by Gasteiger charge is 2.28. The monoisotopic (exact) mass is 286 g/mol. The summed E-state index contributed by atoms with van der Waals surface area (Å²) < 4.78 is 5.17. The third-order valence-electron chi connectivity index (χ3n) is 4.07. The van der Waals surface area contributed by atoms with Gasteiger partial charge in [0.1, 0.15) is 5.92 Å². The van der Waals surface area contributed by atoms with Gasteiger partial charge in [-0.25, -0.2) is 0 Å². The molecule has 112 valence electrons. The molecule has 0 saturated carbocycles. The van der Waals surface area contributed by atoms with Crippen LogP contribution in [0.4, 0.5) is 0 Å². The lowest BCUT2D eigenvalue weighted by atomic mass is 9.94. The van der Waals surface area contributed by atoms with Crippen molar-refractivity contribution >= 4 is 5.91 Å². The highest BCUT2D eigenvalue weighted by Crippen LogP contribution is 2.20. The van der Waals surface area contributed by atoms with E-state index in [-0.39, 0.29) is 5.91 Å². The molecule has 1 aromatic rings. The van der Waals surface area contributed by atoms with Gasteiger partial charge in [0.15, 0.2) is 0 Å². The summed E-state index contributed by atoms with van der Waals surface area (Å²) >= 11 is 0. The molecule has 4 heteroatoms. The Labute approximate surface area is 126 Å². The minimum absolute atomic E-state index is 0.0304. The van der Waals surface area contributed by atoms with Gasteiger partial charge in [-0.05, 0) is 30.7 Å². The first-order chi connectivity index (χ1) is 10.2.